The first-order chi connectivity index (χ1) is 19.6. The Bertz CT molecular complexity index is 1060. The molecule has 0 radical (unpaired) electrons. The van der Waals surface area contributed by atoms with Crippen molar-refractivity contribution in [3.63, 3.8) is 0 Å². The van der Waals surface area contributed by atoms with E-state index in [0.29, 0.717) is 37.4 Å². The molecular weight excluding hydrogens is 530 g/mol. The van der Waals surface area contributed by atoms with E-state index in [9.17, 15) is 29.1 Å². The van der Waals surface area contributed by atoms with Gasteiger partial charge in [-0.2, -0.15) is 0 Å². The van der Waals surface area contributed by atoms with Gasteiger partial charge in [-0.3, -0.25) is 24.5 Å². The predicted molar refractivity (Wildman–Crippen MR) is 152 cm³/mol. The minimum Gasteiger partial charge on any atom is -0.481 e. The van der Waals surface area contributed by atoms with E-state index >= 15 is 0 Å². The summed E-state index contributed by atoms with van der Waals surface area (Å²) in [5.74, 6) is -1.87. The molecule has 2 saturated heterocycles. The Morgan fingerprint density at radius 2 is 1.76 bits per heavy atom. The molecule has 3 rings (SSSR count). The van der Waals surface area contributed by atoms with Crippen molar-refractivity contribution >= 4 is 35.5 Å². The molecule has 2 atom stereocenters. The number of benzene rings is 1. The zero-order valence-electron chi connectivity index (χ0n) is 23.9. The lowest BCUT2D eigenvalue weighted by atomic mass is 9.92. The lowest BCUT2D eigenvalue weighted by molar-refractivity contribution is -0.138. The van der Waals surface area contributed by atoms with Crippen LogP contribution in [0.2, 0.25) is 0 Å². The van der Waals surface area contributed by atoms with E-state index in [1.807, 2.05) is 13.8 Å². The van der Waals surface area contributed by atoms with Gasteiger partial charge in [0.1, 0.15) is 6.17 Å². The van der Waals surface area contributed by atoms with Crippen LogP contribution in [0.3, 0.4) is 0 Å². The van der Waals surface area contributed by atoms with Gasteiger partial charge in [-0.1, -0.05) is 13.8 Å². The SMILES string of the molecule is CC(C)COC(=O)Nc1ccc(C(=O)N[C@@H](CC(=O)O)NC(=O)[C@@H]2CCCN(C(=O)CCC3CCNCC3)C2)cc1. The number of carboxylic acid groups (broad SMARTS) is 1. The number of ether oxygens (including phenoxy) is 1. The number of carboxylic acids is 1. The topological polar surface area (TPSA) is 166 Å². The van der Waals surface area contributed by atoms with Gasteiger partial charge >= 0.3 is 12.1 Å². The second kappa shape index (κ2) is 15.9. The Labute approximate surface area is 240 Å². The van der Waals surface area contributed by atoms with Crippen molar-refractivity contribution < 1.29 is 33.8 Å². The van der Waals surface area contributed by atoms with Gasteiger partial charge in [0.2, 0.25) is 11.8 Å². The van der Waals surface area contributed by atoms with Crippen molar-refractivity contribution in [1.82, 2.24) is 20.9 Å². The van der Waals surface area contributed by atoms with Crippen LogP contribution in [0.15, 0.2) is 24.3 Å². The van der Waals surface area contributed by atoms with Crippen molar-refractivity contribution in [3.8, 4) is 0 Å². The largest absolute Gasteiger partial charge is 0.481 e. The number of piperidine rings is 2. The summed E-state index contributed by atoms with van der Waals surface area (Å²) in [5.41, 5.74) is 0.650. The van der Waals surface area contributed by atoms with Gasteiger partial charge in [-0.25, -0.2) is 4.79 Å². The molecule has 2 fully saturated rings. The summed E-state index contributed by atoms with van der Waals surface area (Å²) in [5, 5.41) is 20.5. The molecule has 5 N–H and O–H groups in total. The number of amides is 4. The summed E-state index contributed by atoms with van der Waals surface area (Å²) >= 11 is 0. The summed E-state index contributed by atoms with van der Waals surface area (Å²) in [6, 6.07) is 5.99. The molecule has 2 heterocycles. The van der Waals surface area contributed by atoms with Gasteiger partial charge in [0.15, 0.2) is 0 Å². The van der Waals surface area contributed by atoms with Gasteiger partial charge in [0.25, 0.3) is 5.91 Å². The van der Waals surface area contributed by atoms with E-state index in [4.69, 9.17) is 4.74 Å². The van der Waals surface area contributed by atoms with Crippen LogP contribution in [0.1, 0.15) is 69.2 Å². The number of nitrogens with zero attached hydrogens (tertiary/aromatic N) is 1. The van der Waals surface area contributed by atoms with Gasteiger partial charge in [0.05, 0.1) is 18.9 Å². The number of hydrogen-bond donors (Lipinski definition) is 5. The number of carbonyl (C=O) groups is 5. The van der Waals surface area contributed by atoms with Crippen LogP contribution in [0.25, 0.3) is 0 Å². The number of likely N-dealkylation sites (tertiary alicyclic amines) is 1. The molecule has 2 aliphatic rings. The quantitative estimate of drug-likeness (QED) is 0.238. The number of anilines is 1. The van der Waals surface area contributed by atoms with Crippen LogP contribution in [-0.4, -0.2) is 78.7 Å². The lowest BCUT2D eigenvalue weighted by Gasteiger charge is -2.33. The first-order valence-electron chi connectivity index (χ1n) is 14.5. The van der Waals surface area contributed by atoms with E-state index in [0.717, 1.165) is 32.4 Å². The van der Waals surface area contributed by atoms with E-state index in [1.165, 1.54) is 24.3 Å². The van der Waals surface area contributed by atoms with Crippen molar-refractivity contribution in [2.75, 3.05) is 38.1 Å². The minimum absolute atomic E-state index is 0.0440. The fraction of sp³-hybridized carbons (Fsp3) is 0.621. The van der Waals surface area contributed by atoms with Crippen molar-refractivity contribution in [2.24, 2.45) is 17.8 Å². The third-order valence-corrected chi connectivity index (χ3v) is 7.31. The molecule has 0 spiro atoms. The summed E-state index contributed by atoms with van der Waals surface area (Å²) in [6.45, 7) is 6.96. The molecule has 0 aromatic heterocycles. The predicted octanol–water partition coefficient (Wildman–Crippen LogP) is 2.56. The van der Waals surface area contributed by atoms with Crippen LogP contribution >= 0.6 is 0 Å². The van der Waals surface area contributed by atoms with Crippen LogP contribution in [0.4, 0.5) is 10.5 Å². The molecule has 2 aliphatic heterocycles. The average Bonchev–Trinajstić information content (AvgIpc) is 2.95. The van der Waals surface area contributed by atoms with Gasteiger partial charge in [-0.05, 0) is 81.3 Å². The average molecular weight is 574 g/mol. The van der Waals surface area contributed by atoms with Crippen molar-refractivity contribution in [1.29, 1.82) is 0 Å². The third-order valence-electron chi connectivity index (χ3n) is 7.31. The second-order valence-corrected chi connectivity index (χ2v) is 11.2. The van der Waals surface area contributed by atoms with Gasteiger partial charge in [-0.15, -0.1) is 0 Å². The monoisotopic (exact) mass is 573 g/mol. The zero-order valence-corrected chi connectivity index (χ0v) is 23.9. The smallest absolute Gasteiger partial charge is 0.411 e. The van der Waals surface area contributed by atoms with Crippen molar-refractivity contribution in [2.45, 2.75) is 65.0 Å². The maximum atomic E-state index is 13.1. The molecule has 0 bridgehead atoms. The summed E-state index contributed by atoms with van der Waals surface area (Å²) in [4.78, 5) is 63.8. The van der Waals surface area contributed by atoms with Gasteiger partial charge < -0.3 is 30.7 Å². The molecule has 226 valence electrons. The van der Waals surface area contributed by atoms with Crippen LogP contribution in [0, 0.1) is 17.8 Å². The number of nitrogens with one attached hydrogen (secondary N) is 4. The Morgan fingerprint density at radius 1 is 1.05 bits per heavy atom. The first-order valence-corrected chi connectivity index (χ1v) is 14.5. The highest BCUT2D eigenvalue weighted by atomic mass is 16.5. The minimum atomic E-state index is -1.19. The van der Waals surface area contributed by atoms with Gasteiger partial charge in [0, 0.05) is 30.8 Å². The lowest BCUT2D eigenvalue weighted by Crippen LogP contribution is -2.53. The number of rotatable bonds is 12. The molecular formula is C29H43N5O7. The Morgan fingerprint density at radius 3 is 2.41 bits per heavy atom. The first kappa shape index (κ1) is 31.9. The van der Waals surface area contributed by atoms with E-state index in [2.05, 4.69) is 21.3 Å². The molecule has 12 nitrogen and oxygen atoms in total. The molecule has 41 heavy (non-hydrogen) atoms. The van der Waals surface area contributed by atoms with Crippen LogP contribution in [0.5, 0.6) is 0 Å². The normalized spacial score (nSPS) is 18.3. The third kappa shape index (κ3) is 11.0. The van der Waals surface area contributed by atoms with Crippen LogP contribution < -0.4 is 21.3 Å². The summed E-state index contributed by atoms with van der Waals surface area (Å²) in [7, 11) is 0. The molecule has 1 aromatic carbocycles. The maximum absolute atomic E-state index is 13.1. The van der Waals surface area contributed by atoms with Crippen molar-refractivity contribution in [3.05, 3.63) is 29.8 Å². The fourth-order valence-electron chi connectivity index (χ4n) is 5.02. The summed E-state index contributed by atoms with van der Waals surface area (Å²) in [6.07, 6.45) is 2.46. The number of hydrogen-bond acceptors (Lipinski definition) is 7. The van der Waals surface area contributed by atoms with E-state index in [-0.39, 0.29) is 30.5 Å². The second-order valence-electron chi connectivity index (χ2n) is 11.2. The standard InChI is InChI=1S/C29H43N5O7/c1-19(2)18-41-29(40)31-23-8-6-21(7-9-23)27(38)32-24(16-26(36)37)33-28(39)22-4-3-15-34(17-22)25(35)10-5-20-11-13-30-14-12-20/h6-9,19-20,22,24,30H,3-5,10-18H2,1-2H3,(H,31,40)(H,32,38)(H,33,39)(H,36,37)/t22-,24-/m1/s1. The highest BCUT2D eigenvalue weighted by Crippen LogP contribution is 2.22. The molecule has 0 saturated carbocycles. The Hall–Kier alpha value is -3.67. The zero-order chi connectivity index (χ0) is 29.8. The fourth-order valence-corrected chi connectivity index (χ4v) is 5.02. The Kier molecular flexibility index (Phi) is 12.4. The van der Waals surface area contributed by atoms with Crippen LogP contribution in [-0.2, 0) is 19.1 Å². The number of carbonyl (C=O) groups excluding carboxylic acids is 4. The molecule has 12 heteroatoms. The van der Waals surface area contributed by atoms with E-state index in [1.54, 1.807) is 4.90 Å². The molecule has 4 amide bonds. The molecule has 0 aliphatic carbocycles. The molecule has 0 unspecified atom stereocenters. The highest BCUT2D eigenvalue weighted by Gasteiger charge is 2.30. The number of aliphatic carboxylic acids is 1. The Balaban J connectivity index is 1.51. The molecule has 1 aromatic rings. The maximum Gasteiger partial charge on any atom is 0.411 e. The highest BCUT2D eigenvalue weighted by molar-refractivity contribution is 5.96. The van der Waals surface area contributed by atoms with E-state index < -0.39 is 42.4 Å². The summed E-state index contributed by atoms with van der Waals surface area (Å²) < 4.78 is 5.07.